The predicted octanol–water partition coefficient (Wildman–Crippen LogP) is 0.386. The van der Waals surface area contributed by atoms with E-state index in [0.29, 0.717) is 6.42 Å². The number of amides is 1. The van der Waals surface area contributed by atoms with Gasteiger partial charge in [-0.2, -0.15) is 8.78 Å². The van der Waals surface area contributed by atoms with E-state index in [1.807, 2.05) is 6.92 Å². The maximum atomic E-state index is 12.4. The van der Waals surface area contributed by atoms with E-state index >= 15 is 0 Å². The van der Waals surface area contributed by atoms with Crippen LogP contribution >= 0.6 is 0 Å². The van der Waals surface area contributed by atoms with Crippen LogP contribution in [0.15, 0.2) is 0 Å². The number of hydrogen-bond donors (Lipinski definition) is 2. The fraction of sp³-hybridized carbons (Fsp3) is 0.833. The van der Waals surface area contributed by atoms with E-state index in [2.05, 4.69) is 10.6 Å². The summed E-state index contributed by atoms with van der Waals surface area (Å²) >= 11 is 0. The van der Waals surface area contributed by atoms with Gasteiger partial charge in [-0.3, -0.25) is 10.2 Å². The summed E-state index contributed by atoms with van der Waals surface area (Å²) < 4.78 is 28.9. The Kier molecular flexibility index (Phi) is 4.68. The largest absolute Gasteiger partial charge is 0.437 e. The first kappa shape index (κ1) is 11.2. The van der Waals surface area contributed by atoms with Crippen LogP contribution in [0.3, 0.4) is 0 Å². The van der Waals surface area contributed by atoms with Gasteiger partial charge in [0.05, 0.1) is 6.61 Å². The van der Waals surface area contributed by atoms with Gasteiger partial charge in [-0.25, -0.2) is 5.84 Å². The molecular formula is C6H12F2N2O2. The third-order valence-corrected chi connectivity index (χ3v) is 1.18. The van der Waals surface area contributed by atoms with Crippen molar-refractivity contribution in [1.29, 1.82) is 0 Å². The lowest BCUT2D eigenvalue weighted by Gasteiger charge is -2.13. The number of ether oxygens (including phenoxy) is 1. The second kappa shape index (κ2) is 5.00. The Labute approximate surface area is 69.0 Å². The average molecular weight is 182 g/mol. The quantitative estimate of drug-likeness (QED) is 0.280. The third-order valence-electron chi connectivity index (χ3n) is 1.18. The summed E-state index contributed by atoms with van der Waals surface area (Å²) in [6.07, 6.45) is -2.61. The minimum atomic E-state index is -3.82. The molecule has 0 rings (SSSR count). The summed E-state index contributed by atoms with van der Waals surface area (Å²) in [5, 5.41) is 0. The lowest BCUT2D eigenvalue weighted by atomic mass is 10.4. The maximum absolute atomic E-state index is 12.4. The van der Waals surface area contributed by atoms with E-state index in [9.17, 15) is 13.6 Å². The lowest BCUT2D eigenvalue weighted by Crippen LogP contribution is -2.45. The number of alkyl halides is 2. The minimum absolute atomic E-state index is 0.156. The first-order valence-corrected chi connectivity index (χ1v) is 3.57. The molecule has 0 saturated heterocycles. The molecule has 0 atom stereocenters. The van der Waals surface area contributed by atoms with Crippen molar-refractivity contribution >= 4 is 5.91 Å². The average Bonchev–Trinajstić information content (AvgIpc) is 2.03. The van der Waals surface area contributed by atoms with Gasteiger partial charge in [-0.05, 0) is 6.42 Å². The molecule has 0 heterocycles. The monoisotopic (exact) mass is 182 g/mol. The Balaban J connectivity index is 3.78. The van der Waals surface area contributed by atoms with Crippen LogP contribution in [-0.4, -0.2) is 18.6 Å². The van der Waals surface area contributed by atoms with Gasteiger partial charge in [0.15, 0.2) is 0 Å². The zero-order valence-electron chi connectivity index (χ0n) is 6.77. The summed E-state index contributed by atoms with van der Waals surface area (Å²) in [4.78, 5) is 10.3. The summed E-state index contributed by atoms with van der Waals surface area (Å²) in [6, 6.07) is 0. The number of hydrogen-bond acceptors (Lipinski definition) is 3. The Morgan fingerprint density at radius 1 is 1.67 bits per heavy atom. The standard InChI is InChI=1S/C6H12F2N2O2/c1-2-3-4-12-6(7,8)5(11)10-9/h2-4,9H2,1H3,(H,10,11). The normalized spacial score (nSPS) is 11.3. The zero-order valence-corrected chi connectivity index (χ0v) is 6.77. The van der Waals surface area contributed by atoms with Gasteiger partial charge in [0, 0.05) is 0 Å². The smallest absolute Gasteiger partial charge is 0.313 e. The minimum Gasteiger partial charge on any atom is -0.313 e. The molecule has 3 N–H and O–H groups in total. The van der Waals surface area contributed by atoms with Crippen LogP contribution in [0.4, 0.5) is 8.78 Å². The molecule has 0 saturated carbocycles. The highest BCUT2D eigenvalue weighted by Gasteiger charge is 2.39. The van der Waals surface area contributed by atoms with Crippen molar-refractivity contribution in [1.82, 2.24) is 5.43 Å². The van der Waals surface area contributed by atoms with Crippen LogP contribution < -0.4 is 11.3 Å². The van der Waals surface area contributed by atoms with Crippen LogP contribution in [0.2, 0.25) is 0 Å². The molecular weight excluding hydrogens is 170 g/mol. The number of hydrazine groups is 1. The molecule has 0 bridgehead atoms. The Bertz CT molecular complexity index is 152. The van der Waals surface area contributed by atoms with E-state index in [4.69, 9.17) is 0 Å². The third kappa shape index (κ3) is 3.59. The molecule has 0 fully saturated rings. The highest BCUT2D eigenvalue weighted by Crippen LogP contribution is 2.15. The van der Waals surface area contributed by atoms with Gasteiger partial charge in [-0.1, -0.05) is 13.3 Å². The van der Waals surface area contributed by atoms with E-state index in [1.54, 1.807) is 0 Å². The SMILES string of the molecule is CCCCOC(F)(F)C(=O)NN. The molecule has 6 heteroatoms. The van der Waals surface area contributed by atoms with Gasteiger partial charge in [0.1, 0.15) is 0 Å². The number of carbonyl (C=O) groups is 1. The summed E-state index contributed by atoms with van der Waals surface area (Å²) in [5.74, 6) is 2.88. The molecule has 0 aromatic rings. The maximum Gasteiger partial charge on any atom is 0.437 e. The Hall–Kier alpha value is -0.750. The molecule has 0 radical (unpaired) electrons. The number of rotatable bonds is 5. The summed E-state index contributed by atoms with van der Waals surface area (Å²) in [6.45, 7) is 1.67. The van der Waals surface area contributed by atoms with Crippen molar-refractivity contribution < 1.29 is 18.3 Å². The van der Waals surface area contributed by atoms with Crippen LogP contribution in [0.1, 0.15) is 19.8 Å². The van der Waals surface area contributed by atoms with Gasteiger partial charge in [0.25, 0.3) is 0 Å². The second-order valence-corrected chi connectivity index (χ2v) is 2.19. The summed E-state index contributed by atoms with van der Waals surface area (Å²) in [5.41, 5.74) is 1.32. The number of unbranched alkanes of at least 4 members (excludes halogenated alkanes) is 1. The topological polar surface area (TPSA) is 64.3 Å². The fourth-order valence-corrected chi connectivity index (χ4v) is 0.494. The molecule has 12 heavy (non-hydrogen) atoms. The van der Waals surface area contributed by atoms with Gasteiger partial charge < -0.3 is 4.74 Å². The van der Waals surface area contributed by atoms with Crippen molar-refractivity contribution in [2.24, 2.45) is 5.84 Å². The van der Waals surface area contributed by atoms with E-state index in [-0.39, 0.29) is 6.61 Å². The lowest BCUT2D eigenvalue weighted by molar-refractivity contribution is -0.231. The highest BCUT2D eigenvalue weighted by molar-refractivity contribution is 5.81. The van der Waals surface area contributed by atoms with E-state index < -0.39 is 12.0 Å². The number of carbonyl (C=O) groups excluding carboxylic acids is 1. The number of nitrogens with two attached hydrogens (primary N) is 1. The first-order chi connectivity index (χ1) is 5.54. The van der Waals surface area contributed by atoms with E-state index in [1.165, 1.54) is 5.43 Å². The molecule has 0 aliphatic rings. The first-order valence-electron chi connectivity index (χ1n) is 3.57. The van der Waals surface area contributed by atoms with Crippen LogP contribution in [0.5, 0.6) is 0 Å². The molecule has 0 unspecified atom stereocenters. The van der Waals surface area contributed by atoms with Crippen molar-refractivity contribution in [3.05, 3.63) is 0 Å². The molecule has 0 spiro atoms. The van der Waals surface area contributed by atoms with Crippen molar-refractivity contribution in [3.8, 4) is 0 Å². The van der Waals surface area contributed by atoms with Crippen LogP contribution in [0.25, 0.3) is 0 Å². The summed E-state index contributed by atoms with van der Waals surface area (Å²) in [7, 11) is 0. The van der Waals surface area contributed by atoms with Gasteiger partial charge in [-0.15, -0.1) is 0 Å². The van der Waals surface area contributed by atoms with Crippen molar-refractivity contribution in [2.45, 2.75) is 25.9 Å². The van der Waals surface area contributed by atoms with Crippen molar-refractivity contribution in [3.63, 3.8) is 0 Å². The number of nitrogens with one attached hydrogen (secondary N) is 1. The van der Waals surface area contributed by atoms with Crippen LogP contribution in [0, 0.1) is 0 Å². The molecule has 0 aromatic heterocycles. The molecule has 0 aromatic carbocycles. The Morgan fingerprint density at radius 3 is 2.67 bits per heavy atom. The molecule has 72 valence electrons. The van der Waals surface area contributed by atoms with Crippen molar-refractivity contribution in [2.75, 3.05) is 6.61 Å². The molecule has 0 aliphatic heterocycles. The zero-order chi connectivity index (χ0) is 9.61. The fourth-order valence-electron chi connectivity index (χ4n) is 0.494. The van der Waals surface area contributed by atoms with E-state index in [0.717, 1.165) is 6.42 Å². The molecule has 0 aliphatic carbocycles. The molecule has 1 amide bonds. The predicted molar refractivity (Wildman–Crippen MR) is 38.1 cm³/mol. The Morgan fingerprint density at radius 2 is 2.25 bits per heavy atom. The second-order valence-electron chi connectivity index (χ2n) is 2.19. The number of halogens is 2. The highest BCUT2D eigenvalue weighted by atomic mass is 19.3. The van der Waals surface area contributed by atoms with Gasteiger partial charge >= 0.3 is 12.0 Å². The van der Waals surface area contributed by atoms with Crippen LogP contribution in [-0.2, 0) is 9.53 Å². The van der Waals surface area contributed by atoms with Gasteiger partial charge in [0.2, 0.25) is 0 Å². The molecule has 4 nitrogen and oxygen atoms in total.